The molecule has 1 aliphatic heterocycles. The second-order valence-electron chi connectivity index (χ2n) is 4.81. The molecule has 1 N–H and O–H groups in total. The Bertz CT molecular complexity index is 576. The van der Waals surface area contributed by atoms with Crippen molar-refractivity contribution in [3.05, 3.63) is 48.0 Å². The molecule has 4 nitrogen and oxygen atoms in total. The lowest BCUT2D eigenvalue weighted by Gasteiger charge is -2.24. The molecular weight excluding hydrogens is 293 g/mol. The molecule has 2 aromatic rings. The number of nitrogens with zero attached hydrogens (tertiary/aromatic N) is 2. The Balaban J connectivity index is 0.00000161. The molecule has 112 valence electrons. The van der Waals surface area contributed by atoms with Crippen LogP contribution in [0.4, 0.5) is 4.39 Å². The minimum atomic E-state index is -0.197. The van der Waals surface area contributed by atoms with Gasteiger partial charge in [0.2, 0.25) is 0 Å². The van der Waals surface area contributed by atoms with Crippen LogP contribution in [-0.2, 0) is 11.2 Å². The lowest BCUT2D eigenvalue weighted by atomic mass is 10.0. The third kappa shape index (κ3) is 3.97. The zero-order valence-electron chi connectivity index (χ0n) is 11.5. The molecule has 0 radical (unpaired) electrons. The van der Waals surface area contributed by atoms with Crippen LogP contribution >= 0.6 is 12.4 Å². The van der Waals surface area contributed by atoms with E-state index >= 15 is 0 Å². The molecule has 1 atom stereocenters. The maximum atomic E-state index is 13.9. The van der Waals surface area contributed by atoms with Gasteiger partial charge in [-0.25, -0.2) is 14.4 Å². The zero-order chi connectivity index (χ0) is 13.8. The maximum absolute atomic E-state index is 13.9. The van der Waals surface area contributed by atoms with Crippen LogP contribution in [0.25, 0.3) is 11.4 Å². The average molecular weight is 310 g/mol. The predicted octanol–water partition coefficient (Wildman–Crippen LogP) is 2.24. The van der Waals surface area contributed by atoms with Crippen LogP contribution in [0.1, 0.15) is 5.56 Å². The Labute approximate surface area is 129 Å². The van der Waals surface area contributed by atoms with E-state index in [1.54, 1.807) is 24.5 Å². The number of rotatable bonds is 3. The van der Waals surface area contributed by atoms with Crippen LogP contribution in [-0.4, -0.2) is 35.8 Å². The maximum Gasteiger partial charge on any atom is 0.159 e. The zero-order valence-corrected chi connectivity index (χ0v) is 12.3. The fourth-order valence-electron chi connectivity index (χ4n) is 2.33. The topological polar surface area (TPSA) is 47.0 Å². The molecule has 1 unspecified atom stereocenters. The second-order valence-corrected chi connectivity index (χ2v) is 4.81. The molecule has 1 aliphatic rings. The average Bonchev–Trinajstić information content (AvgIpc) is 2.51. The first-order valence-electron chi connectivity index (χ1n) is 6.70. The number of ether oxygens (including phenoxy) is 1. The van der Waals surface area contributed by atoms with Crippen LogP contribution < -0.4 is 5.32 Å². The number of benzene rings is 1. The summed E-state index contributed by atoms with van der Waals surface area (Å²) < 4.78 is 19.3. The Kier molecular flexibility index (Phi) is 5.61. The molecular formula is C15H17ClFN3O. The third-order valence-corrected chi connectivity index (χ3v) is 3.33. The molecule has 1 fully saturated rings. The highest BCUT2D eigenvalue weighted by Crippen LogP contribution is 2.20. The molecule has 1 aromatic heterocycles. The largest absolute Gasteiger partial charge is 0.379 e. The fourth-order valence-corrected chi connectivity index (χ4v) is 2.33. The van der Waals surface area contributed by atoms with Crippen molar-refractivity contribution in [2.24, 2.45) is 0 Å². The normalized spacial score (nSPS) is 18.0. The number of hydrogen-bond acceptors (Lipinski definition) is 4. The van der Waals surface area contributed by atoms with E-state index in [9.17, 15) is 4.39 Å². The molecule has 0 amide bonds. The second kappa shape index (κ2) is 7.45. The Hall–Kier alpha value is -1.56. The summed E-state index contributed by atoms with van der Waals surface area (Å²) in [4.78, 5) is 8.39. The summed E-state index contributed by atoms with van der Waals surface area (Å²) in [6, 6.07) is 6.92. The Morgan fingerprint density at radius 2 is 2.10 bits per heavy atom. The Morgan fingerprint density at radius 3 is 2.81 bits per heavy atom. The van der Waals surface area contributed by atoms with Crippen molar-refractivity contribution in [3.63, 3.8) is 0 Å². The standard InChI is InChI=1S/C15H16FN3O.ClH/c16-14-3-2-11(15-18-4-1-5-19-15)8-12(14)9-13-10-20-7-6-17-13;/h1-5,8,13,17H,6-7,9-10H2;1H. The molecule has 3 rings (SSSR count). The van der Waals surface area contributed by atoms with E-state index in [-0.39, 0.29) is 24.3 Å². The highest BCUT2D eigenvalue weighted by Gasteiger charge is 2.16. The molecule has 21 heavy (non-hydrogen) atoms. The van der Waals surface area contributed by atoms with Gasteiger partial charge in [0.1, 0.15) is 5.82 Å². The number of halogens is 2. The third-order valence-electron chi connectivity index (χ3n) is 3.33. The predicted molar refractivity (Wildman–Crippen MR) is 81.0 cm³/mol. The number of nitrogens with one attached hydrogen (secondary N) is 1. The van der Waals surface area contributed by atoms with E-state index < -0.39 is 0 Å². The first-order chi connectivity index (χ1) is 9.83. The van der Waals surface area contributed by atoms with Crippen LogP contribution in [0.15, 0.2) is 36.7 Å². The lowest BCUT2D eigenvalue weighted by Crippen LogP contribution is -2.42. The van der Waals surface area contributed by atoms with E-state index in [0.29, 0.717) is 24.4 Å². The van der Waals surface area contributed by atoms with Gasteiger partial charge in [0, 0.05) is 30.5 Å². The molecule has 0 spiro atoms. The monoisotopic (exact) mass is 309 g/mol. The molecule has 0 saturated carbocycles. The summed E-state index contributed by atoms with van der Waals surface area (Å²) >= 11 is 0. The van der Waals surface area contributed by atoms with Gasteiger partial charge in [-0.1, -0.05) is 0 Å². The summed E-state index contributed by atoms with van der Waals surface area (Å²) in [5.41, 5.74) is 1.50. The van der Waals surface area contributed by atoms with Crippen molar-refractivity contribution in [1.29, 1.82) is 0 Å². The van der Waals surface area contributed by atoms with Crippen molar-refractivity contribution in [3.8, 4) is 11.4 Å². The number of hydrogen-bond donors (Lipinski definition) is 1. The van der Waals surface area contributed by atoms with E-state index in [1.165, 1.54) is 6.07 Å². The molecule has 2 heterocycles. The number of morpholine rings is 1. The SMILES string of the molecule is Cl.Fc1ccc(-c2ncccn2)cc1CC1COCCN1. The van der Waals surface area contributed by atoms with Gasteiger partial charge in [-0.2, -0.15) is 0 Å². The van der Waals surface area contributed by atoms with Gasteiger partial charge < -0.3 is 10.1 Å². The summed E-state index contributed by atoms with van der Waals surface area (Å²) in [7, 11) is 0. The summed E-state index contributed by atoms with van der Waals surface area (Å²) in [6.07, 6.45) is 3.97. The number of aromatic nitrogens is 2. The molecule has 1 aromatic carbocycles. The Morgan fingerprint density at radius 1 is 1.29 bits per heavy atom. The van der Waals surface area contributed by atoms with Gasteiger partial charge >= 0.3 is 0 Å². The van der Waals surface area contributed by atoms with Crippen LogP contribution in [0.3, 0.4) is 0 Å². The minimum absolute atomic E-state index is 0. The minimum Gasteiger partial charge on any atom is -0.379 e. The van der Waals surface area contributed by atoms with Crippen LogP contribution in [0.2, 0.25) is 0 Å². The van der Waals surface area contributed by atoms with Gasteiger partial charge in [-0.05, 0) is 36.2 Å². The smallest absolute Gasteiger partial charge is 0.159 e. The van der Waals surface area contributed by atoms with Gasteiger partial charge in [-0.3, -0.25) is 0 Å². The van der Waals surface area contributed by atoms with Gasteiger partial charge in [0.15, 0.2) is 5.82 Å². The van der Waals surface area contributed by atoms with Crippen LogP contribution in [0, 0.1) is 5.82 Å². The van der Waals surface area contributed by atoms with Crippen molar-refractivity contribution < 1.29 is 9.13 Å². The highest BCUT2D eigenvalue weighted by atomic mass is 35.5. The van der Waals surface area contributed by atoms with Crippen molar-refractivity contribution in [2.45, 2.75) is 12.5 Å². The molecule has 1 saturated heterocycles. The first kappa shape index (κ1) is 15.8. The van der Waals surface area contributed by atoms with E-state index in [2.05, 4.69) is 15.3 Å². The summed E-state index contributed by atoms with van der Waals surface area (Å²) in [5.74, 6) is 0.415. The quantitative estimate of drug-likeness (QED) is 0.944. The van der Waals surface area contributed by atoms with Crippen LogP contribution in [0.5, 0.6) is 0 Å². The van der Waals surface area contributed by atoms with Crippen molar-refractivity contribution in [1.82, 2.24) is 15.3 Å². The first-order valence-corrected chi connectivity index (χ1v) is 6.70. The summed E-state index contributed by atoms with van der Waals surface area (Å²) in [6.45, 7) is 2.15. The molecule has 6 heteroatoms. The fraction of sp³-hybridized carbons (Fsp3) is 0.333. The van der Waals surface area contributed by atoms with E-state index in [0.717, 1.165) is 18.7 Å². The summed E-state index contributed by atoms with van der Waals surface area (Å²) in [5, 5.41) is 3.33. The van der Waals surface area contributed by atoms with E-state index in [4.69, 9.17) is 4.74 Å². The van der Waals surface area contributed by atoms with Crippen molar-refractivity contribution in [2.75, 3.05) is 19.8 Å². The highest BCUT2D eigenvalue weighted by molar-refractivity contribution is 5.85. The molecule has 0 aliphatic carbocycles. The van der Waals surface area contributed by atoms with Gasteiger partial charge in [0.05, 0.1) is 13.2 Å². The van der Waals surface area contributed by atoms with Crippen molar-refractivity contribution >= 4 is 12.4 Å². The van der Waals surface area contributed by atoms with E-state index in [1.807, 2.05) is 6.07 Å². The van der Waals surface area contributed by atoms with Gasteiger partial charge in [-0.15, -0.1) is 12.4 Å². The molecule has 0 bridgehead atoms. The van der Waals surface area contributed by atoms with Gasteiger partial charge in [0.25, 0.3) is 0 Å². The lowest BCUT2D eigenvalue weighted by molar-refractivity contribution is 0.0767.